The highest BCUT2D eigenvalue weighted by Gasteiger charge is 2.15. The van der Waals surface area contributed by atoms with Gasteiger partial charge in [-0.05, 0) is 56.9 Å². The van der Waals surface area contributed by atoms with E-state index in [1.807, 2.05) is 64.6 Å². The predicted molar refractivity (Wildman–Crippen MR) is 151 cm³/mol. The van der Waals surface area contributed by atoms with Crippen LogP contribution in [0.5, 0.6) is 0 Å². The van der Waals surface area contributed by atoms with Crippen LogP contribution < -0.4 is 15.5 Å². The number of nitrogens with one attached hydrogen (secondary N) is 3. The normalized spacial score (nSPS) is 10.7. The summed E-state index contributed by atoms with van der Waals surface area (Å²) in [5.74, 6) is 0.213. The maximum Gasteiger partial charge on any atom is 0.247 e. The number of aromatic amines is 1. The van der Waals surface area contributed by atoms with Gasteiger partial charge in [-0.15, -0.1) is 0 Å². The average molecular weight is 486 g/mol. The van der Waals surface area contributed by atoms with Crippen molar-refractivity contribution >= 4 is 39.8 Å². The van der Waals surface area contributed by atoms with Crippen LogP contribution in [0.1, 0.15) is 13.0 Å². The van der Waals surface area contributed by atoms with Gasteiger partial charge in [0.05, 0.1) is 17.1 Å². The molecule has 36 heavy (non-hydrogen) atoms. The standard InChI is InChI=1S/C27H31N7O.CH4/c1-6-26(35)30-24-16-23(18(2)15-25(24)34(5)14-13-33(3)4)32-27-28-12-11-22(31-27)20-17-29-21-10-8-7-9-19(20)21;/h6-12,15-17,29H,1,13-14H2,2-5H3,(H,30,35)(H,28,31,32);1H4. The number of amides is 1. The SMILES string of the molecule is C.C=CC(=O)Nc1cc(Nc2nccc(-c3c[nH]c4ccccc34)n2)c(C)cc1N(C)CCN(C)C. The summed E-state index contributed by atoms with van der Waals surface area (Å²) in [4.78, 5) is 28.9. The van der Waals surface area contributed by atoms with E-state index in [0.717, 1.165) is 52.2 Å². The molecule has 0 aliphatic carbocycles. The van der Waals surface area contributed by atoms with Gasteiger partial charge in [-0.1, -0.05) is 32.2 Å². The lowest BCUT2D eigenvalue weighted by molar-refractivity contribution is -0.111. The summed E-state index contributed by atoms with van der Waals surface area (Å²) in [6.45, 7) is 7.30. The predicted octanol–water partition coefficient (Wildman–Crippen LogP) is 5.44. The van der Waals surface area contributed by atoms with E-state index in [4.69, 9.17) is 4.98 Å². The molecule has 4 rings (SSSR count). The number of aromatic nitrogens is 3. The molecule has 0 aliphatic rings. The molecule has 0 spiro atoms. The summed E-state index contributed by atoms with van der Waals surface area (Å²) in [6.07, 6.45) is 4.97. The van der Waals surface area contributed by atoms with E-state index in [-0.39, 0.29) is 13.3 Å². The Morgan fingerprint density at radius 2 is 1.89 bits per heavy atom. The molecule has 4 aromatic rings. The van der Waals surface area contributed by atoms with Crippen molar-refractivity contribution in [2.45, 2.75) is 14.4 Å². The molecule has 2 aromatic carbocycles. The number of carbonyl (C=O) groups excluding carboxylic acids is 1. The van der Waals surface area contributed by atoms with Crippen LogP contribution in [0.2, 0.25) is 0 Å². The summed E-state index contributed by atoms with van der Waals surface area (Å²) in [7, 11) is 6.09. The van der Waals surface area contributed by atoms with Gasteiger partial charge in [0.1, 0.15) is 0 Å². The van der Waals surface area contributed by atoms with Crippen molar-refractivity contribution in [3.05, 3.63) is 73.1 Å². The second-order valence-corrected chi connectivity index (χ2v) is 8.74. The van der Waals surface area contributed by atoms with E-state index >= 15 is 0 Å². The Balaban J connectivity index is 0.00000361. The molecule has 2 aromatic heterocycles. The van der Waals surface area contributed by atoms with Gasteiger partial charge in [-0.2, -0.15) is 0 Å². The second-order valence-electron chi connectivity index (χ2n) is 8.74. The van der Waals surface area contributed by atoms with E-state index in [9.17, 15) is 4.79 Å². The van der Waals surface area contributed by atoms with Gasteiger partial charge >= 0.3 is 0 Å². The Kier molecular flexibility index (Phi) is 8.45. The average Bonchev–Trinajstić information content (AvgIpc) is 3.28. The van der Waals surface area contributed by atoms with Crippen molar-refractivity contribution in [1.29, 1.82) is 0 Å². The molecule has 8 nitrogen and oxygen atoms in total. The van der Waals surface area contributed by atoms with Crippen molar-refractivity contribution in [2.24, 2.45) is 0 Å². The van der Waals surface area contributed by atoms with Crippen LogP contribution in [0.4, 0.5) is 23.0 Å². The maximum atomic E-state index is 12.2. The number of benzene rings is 2. The summed E-state index contributed by atoms with van der Waals surface area (Å²) in [5, 5.41) is 7.38. The molecule has 0 aliphatic heterocycles. The Labute approximate surface area is 213 Å². The van der Waals surface area contributed by atoms with Crippen LogP contribution in [0.3, 0.4) is 0 Å². The lowest BCUT2D eigenvalue weighted by atomic mass is 10.1. The third-order valence-electron chi connectivity index (χ3n) is 5.85. The minimum atomic E-state index is -0.264. The van der Waals surface area contributed by atoms with Gasteiger partial charge in [0.2, 0.25) is 11.9 Å². The number of aryl methyl sites for hydroxylation is 1. The fourth-order valence-corrected chi connectivity index (χ4v) is 3.87. The molecular weight excluding hydrogens is 450 g/mol. The molecule has 0 saturated heterocycles. The lowest BCUT2D eigenvalue weighted by Crippen LogP contribution is -2.29. The molecule has 1 amide bonds. The third kappa shape index (κ3) is 5.90. The summed E-state index contributed by atoms with van der Waals surface area (Å²) in [5.41, 5.74) is 6.33. The Bertz CT molecular complexity index is 1360. The molecule has 8 heteroatoms. The highest BCUT2D eigenvalue weighted by atomic mass is 16.1. The first-order valence-corrected chi connectivity index (χ1v) is 11.5. The van der Waals surface area contributed by atoms with Gasteiger partial charge in [0.25, 0.3) is 0 Å². The molecule has 0 radical (unpaired) electrons. The Morgan fingerprint density at radius 1 is 1.11 bits per heavy atom. The number of anilines is 4. The number of likely N-dealkylation sites (N-methyl/N-ethyl adjacent to an activating group) is 2. The first-order chi connectivity index (χ1) is 16.9. The van der Waals surface area contributed by atoms with Crippen LogP contribution in [-0.2, 0) is 4.79 Å². The fourth-order valence-electron chi connectivity index (χ4n) is 3.87. The lowest BCUT2D eigenvalue weighted by Gasteiger charge is -2.25. The largest absolute Gasteiger partial charge is 0.372 e. The van der Waals surface area contributed by atoms with Gasteiger partial charge < -0.3 is 25.4 Å². The zero-order chi connectivity index (χ0) is 24.9. The van der Waals surface area contributed by atoms with Gasteiger partial charge in [-0.3, -0.25) is 4.79 Å². The highest BCUT2D eigenvalue weighted by Crippen LogP contribution is 2.33. The van der Waals surface area contributed by atoms with E-state index in [1.54, 1.807) is 6.20 Å². The first-order valence-electron chi connectivity index (χ1n) is 11.5. The monoisotopic (exact) mass is 485 g/mol. The van der Waals surface area contributed by atoms with Crippen LogP contribution >= 0.6 is 0 Å². The summed E-state index contributed by atoms with van der Waals surface area (Å²) >= 11 is 0. The number of H-pyrrole nitrogens is 1. The van der Waals surface area contributed by atoms with E-state index < -0.39 is 0 Å². The topological polar surface area (TPSA) is 89.2 Å². The Hall–Kier alpha value is -4.17. The molecule has 0 unspecified atom stereocenters. The molecular formula is C28H35N7O. The zero-order valence-corrected chi connectivity index (χ0v) is 20.6. The van der Waals surface area contributed by atoms with E-state index in [2.05, 4.69) is 49.1 Å². The van der Waals surface area contributed by atoms with Crippen LogP contribution in [0, 0.1) is 6.92 Å². The molecule has 3 N–H and O–H groups in total. The molecule has 0 atom stereocenters. The third-order valence-corrected chi connectivity index (χ3v) is 5.85. The summed E-state index contributed by atoms with van der Waals surface area (Å²) in [6, 6.07) is 14.0. The van der Waals surface area contributed by atoms with Gasteiger partial charge in [0, 0.05) is 54.7 Å². The number of nitrogens with zero attached hydrogens (tertiary/aromatic N) is 4. The minimum Gasteiger partial charge on any atom is -0.372 e. The number of rotatable bonds is 9. The zero-order valence-electron chi connectivity index (χ0n) is 20.6. The fraction of sp³-hybridized carbons (Fsp3) is 0.250. The highest BCUT2D eigenvalue weighted by molar-refractivity contribution is 6.02. The van der Waals surface area contributed by atoms with Crippen molar-refractivity contribution in [2.75, 3.05) is 49.8 Å². The van der Waals surface area contributed by atoms with Crippen molar-refractivity contribution < 1.29 is 4.79 Å². The van der Waals surface area contributed by atoms with E-state index in [0.29, 0.717) is 11.6 Å². The van der Waals surface area contributed by atoms with E-state index in [1.165, 1.54) is 6.08 Å². The molecule has 2 heterocycles. The number of carbonyl (C=O) groups is 1. The molecule has 188 valence electrons. The van der Waals surface area contributed by atoms with Gasteiger partial charge in [0.15, 0.2) is 0 Å². The number of para-hydroxylation sites is 1. The quantitative estimate of drug-likeness (QED) is 0.274. The van der Waals surface area contributed by atoms with Crippen molar-refractivity contribution in [3.8, 4) is 11.3 Å². The van der Waals surface area contributed by atoms with Crippen LogP contribution in [0.25, 0.3) is 22.2 Å². The smallest absolute Gasteiger partial charge is 0.247 e. The molecule has 0 bridgehead atoms. The molecule has 0 saturated carbocycles. The number of hydrogen-bond acceptors (Lipinski definition) is 6. The molecule has 0 fully saturated rings. The van der Waals surface area contributed by atoms with Crippen molar-refractivity contribution in [1.82, 2.24) is 19.9 Å². The van der Waals surface area contributed by atoms with Crippen LogP contribution in [0.15, 0.2) is 67.5 Å². The van der Waals surface area contributed by atoms with Crippen molar-refractivity contribution in [3.63, 3.8) is 0 Å². The van der Waals surface area contributed by atoms with Gasteiger partial charge in [-0.25, -0.2) is 9.97 Å². The maximum absolute atomic E-state index is 12.2. The Morgan fingerprint density at radius 3 is 2.64 bits per heavy atom. The summed E-state index contributed by atoms with van der Waals surface area (Å²) < 4.78 is 0. The first kappa shape index (κ1) is 26.4. The second kappa shape index (κ2) is 11.5. The number of hydrogen-bond donors (Lipinski definition) is 3. The minimum absolute atomic E-state index is 0. The van der Waals surface area contributed by atoms with Crippen LogP contribution in [-0.4, -0.2) is 60.0 Å². The number of fused-ring (bicyclic) bond motifs is 1.